The normalized spacial score (nSPS) is 11.1. The molecule has 0 aliphatic rings. The highest BCUT2D eigenvalue weighted by Gasteiger charge is 2.05. The summed E-state index contributed by atoms with van der Waals surface area (Å²) in [5.74, 6) is 0. The van der Waals surface area contributed by atoms with Gasteiger partial charge in [-0.1, -0.05) is 24.3 Å². The van der Waals surface area contributed by atoms with Crippen molar-refractivity contribution in [3.8, 4) is 0 Å². The molecule has 0 spiro atoms. The van der Waals surface area contributed by atoms with Crippen LogP contribution in [0, 0.1) is 0 Å². The fourth-order valence-corrected chi connectivity index (χ4v) is 1.82. The molecule has 0 fully saturated rings. The predicted octanol–water partition coefficient (Wildman–Crippen LogP) is 3.00. The highest BCUT2D eigenvalue weighted by molar-refractivity contribution is 5.23. The van der Waals surface area contributed by atoms with Gasteiger partial charge in [-0.2, -0.15) is 0 Å². The number of hydrogen-bond acceptors (Lipinski definition) is 2. The van der Waals surface area contributed by atoms with Crippen LogP contribution in [0.5, 0.6) is 0 Å². The Balaban J connectivity index is 1.65. The zero-order valence-electron chi connectivity index (χ0n) is 10.6. The minimum absolute atomic E-state index is 0.0730. The van der Waals surface area contributed by atoms with E-state index in [1.165, 1.54) is 12.1 Å². The maximum absolute atomic E-state index is 12.4. The molecule has 0 amide bonds. The lowest BCUT2D eigenvalue weighted by Gasteiger charge is -2.06. The van der Waals surface area contributed by atoms with Crippen molar-refractivity contribution in [3.63, 3.8) is 0 Å². The number of alkyl halides is 2. The van der Waals surface area contributed by atoms with Gasteiger partial charge in [-0.25, -0.2) is 13.8 Å². The lowest BCUT2D eigenvalue weighted by atomic mass is 10.1. The third kappa shape index (κ3) is 4.44. The van der Waals surface area contributed by atoms with Crippen molar-refractivity contribution in [2.75, 3.05) is 6.54 Å². The third-order valence-corrected chi connectivity index (χ3v) is 2.89. The van der Waals surface area contributed by atoms with Gasteiger partial charge in [0, 0.05) is 31.0 Å². The van der Waals surface area contributed by atoms with Gasteiger partial charge in [-0.15, -0.1) is 0 Å². The van der Waals surface area contributed by atoms with Crippen LogP contribution in [0.1, 0.15) is 24.0 Å². The number of nitrogens with zero attached hydrogens (tertiary/aromatic N) is 2. The van der Waals surface area contributed by atoms with Gasteiger partial charge in [0.25, 0.3) is 6.43 Å². The fraction of sp³-hybridized carbons (Fsp3) is 0.357. The van der Waals surface area contributed by atoms with Crippen LogP contribution in [0.4, 0.5) is 8.78 Å². The first kappa shape index (κ1) is 13.7. The molecule has 0 saturated heterocycles. The van der Waals surface area contributed by atoms with E-state index in [4.69, 9.17) is 0 Å². The molecule has 2 rings (SSSR count). The monoisotopic (exact) mass is 265 g/mol. The Hall–Kier alpha value is -1.75. The molecule has 0 radical (unpaired) electrons. The van der Waals surface area contributed by atoms with Gasteiger partial charge < -0.3 is 9.88 Å². The van der Waals surface area contributed by atoms with E-state index in [0.29, 0.717) is 6.54 Å². The molecule has 0 aliphatic carbocycles. The largest absolute Gasteiger partial charge is 0.337 e. The summed E-state index contributed by atoms with van der Waals surface area (Å²) < 4.78 is 26.8. The summed E-state index contributed by atoms with van der Waals surface area (Å²) in [6.07, 6.45) is 4.10. The molecule has 0 bridgehead atoms. The highest BCUT2D eigenvalue weighted by atomic mass is 19.3. The lowest BCUT2D eigenvalue weighted by Crippen LogP contribution is -2.16. The van der Waals surface area contributed by atoms with Crippen LogP contribution in [0.25, 0.3) is 0 Å². The van der Waals surface area contributed by atoms with Crippen molar-refractivity contribution < 1.29 is 8.78 Å². The average Bonchev–Trinajstić information content (AvgIpc) is 2.92. The highest BCUT2D eigenvalue weighted by Crippen LogP contribution is 2.18. The molecule has 0 aliphatic heterocycles. The number of halogens is 2. The van der Waals surface area contributed by atoms with Gasteiger partial charge in [0.15, 0.2) is 0 Å². The van der Waals surface area contributed by atoms with E-state index in [0.717, 1.165) is 25.1 Å². The first-order chi connectivity index (χ1) is 9.25. The Morgan fingerprint density at radius 1 is 1.21 bits per heavy atom. The molecular weight excluding hydrogens is 248 g/mol. The minimum Gasteiger partial charge on any atom is -0.337 e. The Morgan fingerprint density at radius 3 is 2.63 bits per heavy atom. The number of hydrogen-bond donors (Lipinski definition) is 1. The molecule has 1 aromatic carbocycles. The number of imidazole rings is 1. The molecule has 0 atom stereocenters. The van der Waals surface area contributed by atoms with Crippen LogP contribution in [-0.4, -0.2) is 16.1 Å². The summed E-state index contributed by atoms with van der Waals surface area (Å²) in [5.41, 5.74) is 1.09. The van der Waals surface area contributed by atoms with Crippen LogP contribution in [-0.2, 0) is 13.1 Å². The quantitative estimate of drug-likeness (QED) is 0.780. The molecule has 1 N–H and O–H groups in total. The molecule has 0 saturated carbocycles. The van der Waals surface area contributed by atoms with E-state index < -0.39 is 6.43 Å². The van der Waals surface area contributed by atoms with Gasteiger partial charge in [0.05, 0.1) is 6.33 Å². The van der Waals surface area contributed by atoms with Crippen LogP contribution in [0.15, 0.2) is 43.0 Å². The van der Waals surface area contributed by atoms with E-state index in [-0.39, 0.29) is 5.56 Å². The minimum atomic E-state index is -2.39. The predicted molar refractivity (Wildman–Crippen MR) is 69.9 cm³/mol. The summed E-state index contributed by atoms with van der Waals surface area (Å²) >= 11 is 0. The van der Waals surface area contributed by atoms with Gasteiger partial charge in [-0.3, -0.25) is 0 Å². The van der Waals surface area contributed by atoms with Crippen LogP contribution < -0.4 is 5.32 Å². The van der Waals surface area contributed by atoms with E-state index in [1.54, 1.807) is 24.7 Å². The van der Waals surface area contributed by atoms with Gasteiger partial charge >= 0.3 is 0 Å². The van der Waals surface area contributed by atoms with E-state index in [9.17, 15) is 8.78 Å². The fourth-order valence-electron chi connectivity index (χ4n) is 1.82. The average molecular weight is 265 g/mol. The summed E-state index contributed by atoms with van der Waals surface area (Å²) in [4.78, 5) is 3.97. The standard InChI is InChI=1S/C14H17F2N3/c15-14(16)13-4-2-12(3-5-13)10-17-6-1-8-19-9-7-18-11-19/h2-5,7,9,11,14,17H,1,6,8,10H2. The number of aromatic nitrogens is 2. The van der Waals surface area contributed by atoms with Gasteiger partial charge in [0.2, 0.25) is 0 Å². The number of benzene rings is 1. The second-order valence-electron chi connectivity index (χ2n) is 4.37. The van der Waals surface area contributed by atoms with E-state index in [2.05, 4.69) is 10.3 Å². The van der Waals surface area contributed by atoms with Crippen molar-refractivity contribution in [2.24, 2.45) is 0 Å². The van der Waals surface area contributed by atoms with Crippen LogP contribution >= 0.6 is 0 Å². The molecule has 2 aromatic rings. The first-order valence-electron chi connectivity index (χ1n) is 6.29. The Labute approximate surface area is 111 Å². The molecule has 1 heterocycles. The first-order valence-corrected chi connectivity index (χ1v) is 6.29. The lowest BCUT2D eigenvalue weighted by molar-refractivity contribution is 0.151. The molecule has 19 heavy (non-hydrogen) atoms. The summed E-state index contributed by atoms with van der Waals surface area (Å²) in [6, 6.07) is 6.44. The Bertz CT molecular complexity index is 466. The molecule has 102 valence electrons. The SMILES string of the molecule is FC(F)c1ccc(CNCCCn2ccnc2)cc1. The zero-order chi connectivity index (χ0) is 13.5. The molecule has 5 heteroatoms. The third-order valence-electron chi connectivity index (χ3n) is 2.89. The van der Waals surface area contributed by atoms with E-state index in [1.807, 2.05) is 10.8 Å². The van der Waals surface area contributed by atoms with Crippen molar-refractivity contribution >= 4 is 0 Å². The molecule has 3 nitrogen and oxygen atoms in total. The molecular formula is C14H17F2N3. The topological polar surface area (TPSA) is 29.9 Å². The van der Waals surface area contributed by atoms with Gasteiger partial charge in [0.1, 0.15) is 0 Å². The van der Waals surface area contributed by atoms with E-state index >= 15 is 0 Å². The van der Waals surface area contributed by atoms with Crippen molar-refractivity contribution in [3.05, 3.63) is 54.1 Å². The zero-order valence-corrected chi connectivity index (χ0v) is 10.6. The molecule has 0 unspecified atom stereocenters. The van der Waals surface area contributed by atoms with Crippen molar-refractivity contribution in [2.45, 2.75) is 25.9 Å². The van der Waals surface area contributed by atoms with Crippen LogP contribution in [0.3, 0.4) is 0 Å². The Morgan fingerprint density at radius 2 is 2.00 bits per heavy atom. The van der Waals surface area contributed by atoms with Gasteiger partial charge in [-0.05, 0) is 18.5 Å². The number of aryl methyl sites for hydroxylation is 1. The van der Waals surface area contributed by atoms with Crippen LogP contribution in [0.2, 0.25) is 0 Å². The maximum atomic E-state index is 12.4. The summed E-state index contributed by atoms with van der Waals surface area (Å²) in [5, 5.41) is 3.29. The smallest absolute Gasteiger partial charge is 0.263 e. The maximum Gasteiger partial charge on any atom is 0.263 e. The second kappa shape index (κ2) is 6.99. The second-order valence-corrected chi connectivity index (χ2v) is 4.37. The summed E-state index contributed by atoms with van der Waals surface area (Å²) in [6.45, 7) is 2.51. The number of nitrogens with one attached hydrogen (secondary N) is 1. The van der Waals surface area contributed by atoms with Crippen molar-refractivity contribution in [1.29, 1.82) is 0 Å². The number of rotatable bonds is 7. The molecule has 1 aromatic heterocycles. The Kier molecular flexibility index (Phi) is 5.03. The van der Waals surface area contributed by atoms with Crippen molar-refractivity contribution in [1.82, 2.24) is 14.9 Å². The summed E-state index contributed by atoms with van der Waals surface area (Å²) in [7, 11) is 0.